The SMILES string of the molecule is Cc1ccc(S(=O)(=O)N2C(c3ccccc3)N(C)C(=O)[C@@H]2C)cc1. The summed E-state index contributed by atoms with van der Waals surface area (Å²) in [6, 6.07) is 15.2. The van der Waals surface area contributed by atoms with Gasteiger partial charge in [-0.25, -0.2) is 8.42 Å². The number of carbonyl (C=O) groups excluding carboxylic acids is 1. The van der Waals surface area contributed by atoms with Crippen LogP contribution in [0.5, 0.6) is 0 Å². The van der Waals surface area contributed by atoms with Gasteiger partial charge in [0.2, 0.25) is 15.9 Å². The fourth-order valence-corrected chi connectivity index (χ4v) is 4.83. The van der Waals surface area contributed by atoms with Crippen molar-refractivity contribution < 1.29 is 13.2 Å². The number of sulfonamides is 1. The van der Waals surface area contributed by atoms with Crippen molar-refractivity contribution in [3.05, 3.63) is 65.7 Å². The van der Waals surface area contributed by atoms with Crippen LogP contribution in [0, 0.1) is 6.92 Å². The Bertz CT molecular complexity index is 848. The maximum absolute atomic E-state index is 13.2. The second-order valence-corrected chi connectivity index (χ2v) is 7.90. The fraction of sp³-hybridized carbons (Fsp3) is 0.278. The molecule has 0 bridgehead atoms. The van der Waals surface area contributed by atoms with Crippen LogP contribution in [0.4, 0.5) is 0 Å². The van der Waals surface area contributed by atoms with Crippen LogP contribution in [0.15, 0.2) is 59.5 Å². The van der Waals surface area contributed by atoms with Gasteiger partial charge in [-0.2, -0.15) is 4.31 Å². The van der Waals surface area contributed by atoms with Crippen LogP contribution < -0.4 is 0 Å². The van der Waals surface area contributed by atoms with Crippen molar-refractivity contribution in [3.8, 4) is 0 Å². The number of likely N-dealkylation sites (N-methyl/N-ethyl adjacent to an activating group) is 1. The van der Waals surface area contributed by atoms with Crippen LogP contribution in [0.25, 0.3) is 0 Å². The Morgan fingerprint density at radius 3 is 2.12 bits per heavy atom. The third-order valence-corrected chi connectivity index (χ3v) is 6.33. The molecule has 1 fully saturated rings. The van der Waals surface area contributed by atoms with E-state index in [0.717, 1.165) is 11.1 Å². The highest BCUT2D eigenvalue weighted by Crippen LogP contribution is 2.37. The minimum absolute atomic E-state index is 0.198. The molecule has 0 saturated carbocycles. The van der Waals surface area contributed by atoms with Crippen molar-refractivity contribution in [1.29, 1.82) is 0 Å². The predicted molar refractivity (Wildman–Crippen MR) is 91.6 cm³/mol. The highest BCUT2D eigenvalue weighted by Gasteiger charge is 2.49. The lowest BCUT2D eigenvalue weighted by Gasteiger charge is -2.28. The summed E-state index contributed by atoms with van der Waals surface area (Å²) in [4.78, 5) is 14.1. The number of nitrogens with zero attached hydrogens (tertiary/aromatic N) is 2. The Balaban J connectivity index is 2.12. The molecule has 2 aromatic carbocycles. The van der Waals surface area contributed by atoms with Crippen LogP contribution in [-0.4, -0.2) is 36.6 Å². The van der Waals surface area contributed by atoms with Gasteiger partial charge in [-0.15, -0.1) is 0 Å². The lowest BCUT2D eigenvalue weighted by molar-refractivity contribution is -0.128. The molecule has 2 atom stereocenters. The maximum Gasteiger partial charge on any atom is 0.245 e. The first kappa shape index (κ1) is 16.7. The van der Waals surface area contributed by atoms with Crippen LogP contribution in [0.3, 0.4) is 0 Å². The molecule has 1 aliphatic heterocycles. The summed E-state index contributed by atoms with van der Waals surface area (Å²) < 4.78 is 27.7. The first-order valence-corrected chi connectivity index (χ1v) is 9.20. The monoisotopic (exact) mass is 344 g/mol. The topological polar surface area (TPSA) is 57.7 Å². The van der Waals surface area contributed by atoms with Crippen molar-refractivity contribution in [2.24, 2.45) is 0 Å². The van der Waals surface area contributed by atoms with Gasteiger partial charge in [-0.1, -0.05) is 48.0 Å². The molecule has 0 N–H and O–H groups in total. The molecule has 24 heavy (non-hydrogen) atoms. The van der Waals surface area contributed by atoms with Gasteiger partial charge in [-0.05, 0) is 31.5 Å². The Morgan fingerprint density at radius 1 is 0.958 bits per heavy atom. The molecule has 1 heterocycles. The van der Waals surface area contributed by atoms with Crippen LogP contribution >= 0.6 is 0 Å². The van der Waals surface area contributed by atoms with Gasteiger partial charge >= 0.3 is 0 Å². The highest BCUT2D eigenvalue weighted by molar-refractivity contribution is 7.89. The number of amides is 1. The Morgan fingerprint density at radius 2 is 1.54 bits per heavy atom. The Hall–Kier alpha value is -2.18. The van der Waals surface area contributed by atoms with E-state index in [2.05, 4.69) is 0 Å². The second kappa shape index (κ2) is 6.03. The quantitative estimate of drug-likeness (QED) is 0.860. The summed E-state index contributed by atoms with van der Waals surface area (Å²) in [6.45, 7) is 3.53. The van der Waals surface area contributed by atoms with Gasteiger partial charge in [0.1, 0.15) is 12.2 Å². The van der Waals surface area contributed by atoms with E-state index in [4.69, 9.17) is 0 Å². The number of hydrogen-bond donors (Lipinski definition) is 0. The Kier molecular flexibility index (Phi) is 4.19. The summed E-state index contributed by atoms with van der Waals surface area (Å²) in [5, 5.41) is 0. The van der Waals surface area contributed by atoms with E-state index in [1.165, 1.54) is 9.21 Å². The number of rotatable bonds is 3. The van der Waals surface area contributed by atoms with Gasteiger partial charge in [0.25, 0.3) is 0 Å². The Labute approximate surface area is 142 Å². The van der Waals surface area contributed by atoms with E-state index < -0.39 is 22.2 Å². The van der Waals surface area contributed by atoms with Crippen molar-refractivity contribution in [3.63, 3.8) is 0 Å². The van der Waals surface area contributed by atoms with Gasteiger partial charge in [0.15, 0.2) is 0 Å². The lowest BCUT2D eigenvalue weighted by Crippen LogP contribution is -2.38. The molecule has 2 aromatic rings. The second-order valence-electron chi connectivity index (χ2n) is 6.06. The molecule has 0 aliphatic carbocycles. The molecule has 0 spiro atoms. The van der Waals surface area contributed by atoms with Crippen molar-refractivity contribution >= 4 is 15.9 Å². The minimum atomic E-state index is -3.80. The summed E-state index contributed by atoms with van der Waals surface area (Å²) >= 11 is 0. The number of carbonyl (C=O) groups is 1. The first-order chi connectivity index (χ1) is 11.3. The van der Waals surface area contributed by atoms with Crippen LogP contribution in [0.1, 0.15) is 24.2 Å². The standard InChI is InChI=1S/C18H20N2O3S/c1-13-9-11-16(12-10-13)24(22,23)20-14(2)18(21)19(3)17(20)15-7-5-4-6-8-15/h4-12,14,17H,1-3H3/t14-,17?/m0/s1. The lowest BCUT2D eigenvalue weighted by atomic mass is 10.2. The average molecular weight is 344 g/mol. The molecule has 1 aliphatic rings. The molecular weight excluding hydrogens is 324 g/mol. The van der Waals surface area contributed by atoms with Crippen LogP contribution in [-0.2, 0) is 14.8 Å². The van der Waals surface area contributed by atoms with Crippen molar-refractivity contribution in [2.45, 2.75) is 31.0 Å². The minimum Gasteiger partial charge on any atom is -0.323 e. The normalized spacial score (nSPS) is 22.1. The van der Waals surface area contributed by atoms with E-state index in [1.54, 1.807) is 38.2 Å². The predicted octanol–water partition coefficient (Wildman–Crippen LogP) is 2.55. The summed E-state index contributed by atoms with van der Waals surface area (Å²) in [5.41, 5.74) is 1.75. The third kappa shape index (κ3) is 2.61. The summed E-state index contributed by atoms with van der Waals surface area (Å²) in [7, 11) is -2.16. The molecule has 1 unspecified atom stereocenters. The molecule has 1 saturated heterocycles. The highest BCUT2D eigenvalue weighted by atomic mass is 32.2. The zero-order valence-corrected chi connectivity index (χ0v) is 14.7. The third-order valence-electron chi connectivity index (χ3n) is 4.39. The van der Waals surface area contributed by atoms with Gasteiger partial charge < -0.3 is 4.90 Å². The largest absolute Gasteiger partial charge is 0.323 e. The van der Waals surface area contributed by atoms with Crippen molar-refractivity contribution in [2.75, 3.05) is 7.05 Å². The number of hydrogen-bond acceptors (Lipinski definition) is 3. The summed E-state index contributed by atoms with van der Waals surface area (Å²) in [6.07, 6.45) is -0.639. The van der Waals surface area contributed by atoms with Crippen LogP contribution in [0.2, 0.25) is 0 Å². The maximum atomic E-state index is 13.2. The molecule has 1 amide bonds. The van der Waals surface area contributed by atoms with E-state index in [9.17, 15) is 13.2 Å². The zero-order valence-electron chi connectivity index (χ0n) is 13.9. The van der Waals surface area contributed by atoms with Crippen molar-refractivity contribution in [1.82, 2.24) is 9.21 Å². The van der Waals surface area contributed by atoms with Gasteiger partial charge in [0.05, 0.1) is 4.90 Å². The molecule has 6 heteroatoms. The van der Waals surface area contributed by atoms with E-state index in [-0.39, 0.29) is 10.8 Å². The molecule has 126 valence electrons. The zero-order chi connectivity index (χ0) is 17.5. The molecular formula is C18H20N2O3S. The van der Waals surface area contributed by atoms with E-state index in [1.807, 2.05) is 37.3 Å². The fourth-order valence-electron chi connectivity index (χ4n) is 3.07. The van der Waals surface area contributed by atoms with E-state index in [0.29, 0.717) is 0 Å². The summed E-state index contributed by atoms with van der Waals surface area (Å²) in [5.74, 6) is -0.209. The van der Waals surface area contributed by atoms with E-state index >= 15 is 0 Å². The average Bonchev–Trinajstić information content (AvgIpc) is 2.81. The molecule has 3 rings (SSSR count). The molecule has 0 radical (unpaired) electrons. The number of aryl methyl sites for hydroxylation is 1. The first-order valence-electron chi connectivity index (χ1n) is 7.76. The molecule has 5 nitrogen and oxygen atoms in total. The smallest absolute Gasteiger partial charge is 0.245 e. The number of benzene rings is 2. The van der Waals surface area contributed by atoms with Gasteiger partial charge in [-0.3, -0.25) is 4.79 Å². The molecule has 0 aromatic heterocycles. The van der Waals surface area contributed by atoms with Gasteiger partial charge in [0, 0.05) is 7.05 Å².